The number of nitrogen functional groups attached to an aromatic ring is 2. The minimum Gasteiger partial charge on any atom is -0.382 e. The number of nitrogens with one attached hydrogen (secondary N) is 1. The number of rotatable bonds is 5. The molecule has 0 fully saturated rings. The van der Waals surface area contributed by atoms with Crippen LogP contribution in [-0.2, 0) is 0 Å². The molecule has 0 aliphatic rings. The van der Waals surface area contributed by atoms with Gasteiger partial charge in [-0.2, -0.15) is 0 Å². The summed E-state index contributed by atoms with van der Waals surface area (Å²) in [6.07, 6.45) is 0.809. The van der Waals surface area contributed by atoms with Crippen LogP contribution in [0.3, 0.4) is 0 Å². The average molecular weight is 287 g/mol. The van der Waals surface area contributed by atoms with Crippen LogP contribution in [0.5, 0.6) is 0 Å². The fourth-order valence-corrected chi connectivity index (χ4v) is 1.73. The van der Waals surface area contributed by atoms with Gasteiger partial charge in [-0.1, -0.05) is 25.4 Å². The summed E-state index contributed by atoms with van der Waals surface area (Å²) in [4.78, 5) is 19.4. The molecule has 1 atom stereocenters. The van der Waals surface area contributed by atoms with Gasteiger partial charge >= 0.3 is 0 Å². The van der Waals surface area contributed by atoms with Crippen molar-refractivity contribution in [1.82, 2.24) is 15.3 Å². The van der Waals surface area contributed by atoms with Gasteiger partial charge in [-0.3, -0.25) is 4.79 Å². The summed E-state index contributed by atoms with van der Waals surface area (Å²) in [5, 5.41) is 2.60. The van der Waals surface area contributed by atoms with Crippen molar-refractivity contribution in [3.63, 3.8) is 0 Å². The SMILES string of the molecule is CC(C)C[C@H](N)CNC(=O)c1nc(Cl)c(N)nc1N. The Bertz CT molecular complexity index is 465. The lowest BCUT2D eigenvalue weighted by Gasteiger charge is -2.15. The smallest absolute Gasteiger partial charge is 0.273 e. The molecule has 1 rings (SSSR count). The van der Waals surface area contributed by atoms with E-state index in [1.807, 2.05) is 0 Å². The molecule has 0 radical (unpaired) electrons. The van der Waals surface area contributed by atoms with Crippen LogP contribution in [0.25, 0.3) is 0 Å². The Morgan fingerprint density at radius 1 is 1.32 bits per heavy atom. The van der Waals surface area contributed by atoms with Gasteiger partial charge in [0.1, 0.15) is 0 Å². The predicted octanol–water partition coefficient (Wildman–Crippen LogP) is 0.398. The fraction of sp³-hybridized carbons (Fsp3) is 0.545. The summed E-state index contributed by atoms with van der Waals surface area (Å²) in [6.45, 7) is 4.45. The van der Waals surface area contributed by atoms with Crippen molar-refractivity contribution in [3.05, 3.63) is 10.8 Å². The van der Waals surface area contributed by atoms with Gasteiger partial charge in [0.2, 0.25) is 0 Å². The van der Waals surface area contributed by atoms with Crippen molar-refractivity contribution < 1.29 is 4.79 Å². The minimum absolute atomic E-state index is 0.00720. The number of hydrogen-bond donors (Lipinski definition) is 4. The zero-order valence-corrected chi connectivity index (χ0v) is 11.7. The van der Waals surface area contributed by atoms with Crippen molar-refractivity contribution >= 4 is 29.1 Å². The number of aromatic nitrogens is 2. The highest BCUT2D eigenvalue weighted by Gasteiger charge is 2.16. The standard InChI is InChI=1S/C11H19ClN6O/c1-5(2)3-6(13)4-16-11(19)7-9(14)18-10(15)8(12)17-7/h5-6H,3-4,13H2,1-2H3,(H,16,19)(H4,14,15,18)/t6-/m0/s1. The van der Waals surface area contributed by atoms with Crippen LogP contribution in [0.15, 0.2) is 0 Å². The van der Waals surface area contributed by atoms with Crippen LogP contribution in [0.4, 0.5) is 11.6 Å². The Morgan fingerprint density at radius 3 is 2.53 bits per heavy atom. The number of carbonyl (C=O) groups is 1. The third-order valence-electron chi connectivity index (χ3n) is 2.42. The molecular formula is C11H19ClN6O. The molecule has 1 aromatic heterocycles. The molecule has 0 bridgehead atoms. The van der Waals surface area contributed by atoms with Crippen molar-refractivity contribution in [2.75, 3.05) is 18.0 Å². The molecule has 19 heavy (non-hydrogen) atoms. The number of anilines is 2. The second-order valence-corrected chi connectivity index (χ2v) is 5.09. The van der Waals surface area contributed by atoms with Gasteiger partial charge in [0.05, 0.1) is 0 Å². The molecular weight excluding hydrogens is 268 g/mol. The molecule has 7 nitrogen and oxygen atoms in total. The average Bonchev–Trinajstić information content (AvgIpc) is 2.30. The Morgan fingerprint density at radius 2 is 1.95 bits per heavy atom. The van der Waals surface area contributed by atoms with E-state index in [2.05, 4.69) is 29.1 Å². The van der Waals surface area contributed by atoms with Gasteiger partial charge in [0.25, 0.3) is 5.91 Å². The van der Waals surface area contributed by atoms with Gasteiger partial charge in [-0.05, 0) is 12.3 Å². The second kappa shape index (κ2) is 6.53. The van der Waals surface area contributed by atoms with E-state index in [-0.39, 0.29) is 28.5 Å². The zero-order valence-electron chi connectivity index (χ0n) is 11.0. The van der Waals surface area contributed by atoms with Crippen LogP contribution in [0.2, 0.25) is 5.15 Å². The Hall–Kier alpha value is -1.60. The van der Waals surface area contributed by atoms with Gasteiger partial charge in [-0.25, -0.2) is 9.97 Å². The Kier molecular flexibility index (Phi) is 5.31. The molecule has 8 heteroatoms. The van der Waals surface area contributed by atoms with E-state index >= 15 is 0 Å². The lowest BCUT2D eigenvalue weighted by atomic mass is 10.0. The minimum atomic E-state index is -0.467. The summed E-state index contributed by atoms with van der Waals surface area (Å²) >= 11 is 5.70. The monoisotopic (exact) mass is 286 g/mol. The highest BCUT2D eigenvalue weighted by molar-refractivity contribution is 6.31. The maximum absolute atomic E-state index is 11.9. The van der Waals surface area contributed by atoms with E-state index in [0.29, 0.717) is 12.5 Å². The first-order valence-electron chi connectivity index (χ1n) is 5.93. The first-order chi connectivity index (χ1) is 8.81. The first-order valence-corrected chi connectivity index (χ1v) is 6.31. The quantitative estimate of drug-likeness (QED) is 0.619. The lowest BCUT2D eigenvalue weighted by Crippen LogP contribution is -2.38. The molecule has 7 N–H and O–H groups in total. The van der Waals surface area contributed by atoms with E-state index in [1.165, 1.54) is 0 Å². The molecule has 1 amide bonds. The van der Waals surface area contributed by atoms with Gasteiger partial charge in [-0.15, -0.1) is 0 Å². The van der Waals surface area contributed by atoms with Crippen LogP contribution in [0.1, 0.15) is 30.8 Å². The highest BCUT2D eigenvalue weighted by atomic mass is 35.5. The zero-order chi connectivity index (χ0) is 14.6. The molecule has 0 aliphatic heterocycles. The van der Waals surface area contributed by atoms with Gasteiger partial charge in [0, 0.05) is 12.6 Å². The van der Waals surface area contributed by atoms with Crippen molar-refractivity contribution in [2.24, 2.45) is 11.7 Å². The van der Waals surface area contributed by atoms with Crippen molar-refractivity contribution in [1.29, 1.82) is 0 Å². The summed E-state index contributed by atoms with van der Waals surface area (Å²) in [6, 6.07) is -0.123. The highest BCUT2D eigenvalue weighted by Crippen LogP contribution is 2.17. The predicted molar refractivity (Wildman–Crippen MR) is 75.6 cm³/mol. The van der Waals surface area contributed by atoms with Gasteiger partial charge < -0.3 is 22.5 Å². The number of hydrogen-bond acceptors (Lipinski definition) is 6. The number of halogens is 1. The summed E-state index contributed by atoms with van der Waals surface area (Å²) in [5.74, 6) is -0.0714. The first kappa shape index (κ1) is 15.5. The third-order valence-corrected chi connectivity index (χ3v) is 2.70. The van der Waals surface area contributed by atoms with Crippen LogP contribution in [0, 0.1) is 5.92 Å². The lowest BCUT2D eigenvalue weighted by molar-refractivity contribution is 0.0946. The molecule has 1 heterocycles. The van der Waals surface area contributed by atoms with E-state index in [0.717, 1.165) is 6.42 Å². The summed E-state index contributed by atoms with van der Waals surface area (Å²) in [5.41, 5.74) is 16.8. The van der Waals surface area contributed by atoms with E-state index in [4.69, 9.17) is 28.8 Å². The number of carbonyl (C=O) groups excluding carboxylic acids is 1. The molecule has 0 saturated carbocycles. The number of amides is 1. The molecule has 0 aliphatic carbocycles. The molecule has 0 saturated heterocycles. The van der Waals surface area contributed by atoms with Crippen LogP contribution < -0.4 is 22.5 Å². The molecule has 0 spiro atoms. The van der Waals surface area contributed by atoms with E-state index in [1.54, 1.807) is 0 Å². The van der Waals surface area contributed by atoms with Crippen LogP contribution in [-0.4, -0.2) is 28.5 Å². The second-order valence-electron chi connectivity index (χ2n) is 4.73. The number of nitrogens with zero attached hydrogens (tertiary/aromatic N) is 2. The fourth-order valence-electron chi connectivity index (χ4n) is 1.60. The number of nitrogens with two attached hydrogens (primary N) is 3. The van der Waals surface area contributed by atoms with Crippen molar-refractivity contribution in [2.45, 2.75) is 26.3 Å². The van der Waals surface area contributed by atoms with E-state index < -0.39 is 5.91 Å². The van der Waals surface area contributed by atoms with E-state index in [9.17, 15) is 4.79 Å². The van der Waals surface area contributed by atoms with Crippen LogP contribution >= 0.6 is 11.6 Å². The Balaban J connectivity index is 2.66. The molecule has 106 valence electrons. The summed E-state index contributed by atoms with van der Waals surface area (Å²) in [7, 11) is 0. The largest absolute Gasteiger partial charge is 0.382 e. The third kappa shape index (κ3) is 4.53. The molecule has 0 unspecified atom stereocenters. The molecule has 0 aromatic carbocycles. The normalized spacial score (nSPS) is 12.5. The maximum atomic E-state index is 11.9. The summed E-state index contributed by atoms with van der Waals surface area (Å²) < 4.78 is 0. The van der Waals surface area contributed by atoms with Crippen molar-refractivity contribution in [3.8, 4) is 0 Å². The Labute approximate surface area is 116 Å². The van der Waals surface area contributed by atoms with Gasteiger partial charge in [0.15, 0.2) is 22.5 Å². The molecule has 1 aromatic rings. The maximum Gasteiger partial charge on any atom is 0.273 e. The topological polar surface area (TPSA) is 133 Å².